The van der Waals surface area contributed by atoms with E-state index in [1.54, 1.807) is 29.2 Å². The molecule has 0 aliphatic heterocycles. The molecule has 0 fully saturated rings. The normalized spacial score (nSPS) is 10.7. The maximum absolute atomic E-state index is 11.4. The van der Waals surface area contributed by atoms with Crippen molar-refractivity contribution in [3.05, 3.63) is 35.9 Å². The second-order valence-corrected chi connectivity index (χ2v) is 4.50. The summed E-state index contributed by atoms with van der Waals surface area (Å²) in [6.07, 6.45) is 8.37. The summed E-state index contributed by atoms with van der Waals surface area (Å²) in [4.78, 5) is 25.2. The van der Waals surface area contributed by atoms with Gasteiger partial charge in [0.1, 0.15) is 16.3 Å². The Morgan fingerprint density at radius 1 is 1.33 bits per heavy atom. The maximum Gasteiger partial charge on any atom is 0.349 e. The van der Waals surface area contributed by atoms with Gasteiger partial charge in [-0.1, -0.05) is 11.3 Å². The Balaban J connectivity index is 2.04. The highest BCUT2D eigenvalue weighted by Crippen LogP contribution is 2.22. The molecule has 0 aliphatic carbocycles. The van der Waals surface area contributed by atoms with Gasteiger partial charge >= 0.3 is 5.97 Å². The summed E-state index contributed by atoms with van der Waals surface area (Å²) >= 11 is 1.27. The predicted molar refractivity (Wildman–Crippen MR) is 65.4 cm³/mol. The smallest absolute Gasteiger partial charge is 0.349 e. The van der Waals surface area contributed by atoms with Gasteiger partial charge in [-0.05, 0) is 0 Å². The molecule has 0 aromatic carbocycles. The van der Waals surface area contributed by atoms with Gasteiger partial charge in [0, 0.05) is 24.8 Å². The van der Waals surface area contributed by atoms with Gasteiger partial charge in [-0.2, -0.15) is 0 Å². The van der Waals surface area contributed by atoms with Crippen molar-refractivity contribution in [2.24, 2.45) is 0 Å². The molecule has 6 nitrogen and oxygen atoms in total. The van der Waals surface area contributed by atoms with Crippen LogP contribution in [-0.4, -0.2) is 32.4 Å². The fourth-order valence-corrected chi connectivity index (χ4v) is 2.43. The number of thiazole rings is 1. The molecule has 0 saturated carbocycles. The number of fused-ring (bicyclic) bond motifs is 1. The lowest BCUT2D eigenvalue weighted by atomic mass is 10.3. The molecule has 0 amide bonds. The van der Waals surface area contributed by atoms with Crippen LogP contribution in [0.3, 0.4) is 0 Å². The zero-order chi connectivity index (χ0) is 12.5. The van der Waals surface area contributed by atoms with Crippen molar-refractivity contribution in [3.8, 4) is 11.4 Å². The van der Waals surface area contributed by atoms with E-state index in [4.69, 9.17) is 0 Å². The van der Waals surface area contributed by atoms with Crippen LogP contribution in [-0.2, 0) is 4.74 Å². The first kappa shape index (κ1) is 10.8. The van der Waals surface area contributed by atoms with E-state index < -0.39 is 0 Å². The van der Waals surface area contributed by atoms with E-state index in [0.717, 1.165) is 10.7 Å². The van der Waals surface area contributed by atoms with Gasteiger partial charge in [-0.15, -0.1) is 0 Å². The predicted octanol–water partition coefficient (Wildman–Crippen LogP) is 1.64. The standard InChI is InChI=1S/C11H8N4O2S/c1-17-10(16)9-6-15-5-8(14-11(15)18-9)7-4-12-2-3-13-7/h2-6H,1H3. The molecule has 3 rings (SSSR count). The monoisotopic (exact) mass is 260 g/mol. The molecule has 18 heavy (non-hydrogen) atoms. The maximum atomic E-state index is 11.4. The summed E-state index contributed by atoms with van der Waals surface area (Å²) in [5, 5.41) is 0. The number of imidazole rings is 1. The number of esters is 1. The van der Waals surface area contributed by atoms with Crippen molar-refractivity contribution in [1.29, 1.82) is 0 Å². The van der Waals surface area contributed by atoms with E-state index in [1.165, 1.54) is 18.4 Å². The Labute approximate surface area is 106 Å². The summed E-state index contributed by atoms with van der Waals surface area (Å²) in [7, 11) is 1.36. The van der Waals surface area contributed by atoms with Gasteiger partial charge in [-0.25, -0.2) is 9.78 Å². The SMILES string of the molecule is COC(=O)c1cn2cc(-c3cnccn3)nc2s1. The Morgan fingerprint density at radius 3 is 2.89 bits per heavy atom. The quantitative estimate of drug-likeness (QED) is 0.655. The highest BCUT2D eigenvalue weighted by molar-refractivity contribution is 7.18. The molecule has 0 spiro atoms. The van der Waals surface area contributed by atoms with Gasteiger partial charge in [0.05, 0.1) is 13.3 Å². The van der Waals surface area contributed by atoms with Gasteiger partial charge in [-0.3, -0.25) is 14.4 Å². The largest absolute Gasteiger partial charge is 0.465 e. The van der Waals surface area contributed by atoms with Crippen molar-refractivity contribution in [3.63, 3.8) is 0 Å². The van der Waals surface area contributed by atoms with Crippen molar-refractivity contribution in [2.45, 2.75) is 0 Å². The van der Waals surface area contributed by atoms with Crippen molar-refractivity contribution >= 4 is 22.3 Å². The molecule has 0 N–H and O–H groups in total. The van der Waals surface area contributed by atoms with Crippen molar-refractivity contribution in [1.82, 2.24) is 19.4 Å². The minimum absolute atomic E-state index is 0.355. The molecule has 0 unspecified atom stereocenters. The summed E-state index contributed by atoms with van der Waals surface area (Å²) in [5.41, 5.74) is 1.43. The lowest BCUT2D eigenvalue weighted by molar-refractivity contribution is 0.0606. The molecule has 3 heterocycles. The zero-order valence-corrected chi connectivity index (χ0v) is 10.2. The highest BCUT2D eigenvalue weighted by Gasteiger charge is 2.13. The number of methoxy groups -OCH3 is 1. The van der Waals surface area contributed by atoms with Crippen LogP contribution >= 0.6 is 11.3 Å². The van der Waals surface area contributed by atoms with Gasteiger partial charge in [0.25, 0.3) is 0 Å². The Kier molecular flexibility index (Phi) is 2.52. The fraction of sp³-hybridized carbons (Fsp3) is 0.0909. The van der Waals surface area contributed by atoms with E-state index >= 15 is 0 Å². The first-order valence-corrected chi connectivity index (χ1v) is 5.93. The van der Waals surface area contributed by atoms with Crippen molar-refractivity contribution in [2.75, 3.05) is 7.11 Å². The molecular formula is C11H8N4O2S. The van der Waals surface area contributed by atoms with Crippen LogP contribution < -0.4 is 0 Å². The summed E-state index contributed by atoms with van der Waals surface area (Å²) in [5.74, 6) is -0.355. The van der Waals surface area contributed by atoms with E-state index in [1.807, 2.05) is 6.20 Å². The van der Waals surface area contributed by atoms with Crippen LogP contribution in [0.15, 0.2) is 31.0 Å². The number of carbonyl (C=O) groups excluding carboxylic acids is 1. The molecule has 0 bridgehead atoms. The number of aromatic nitrogens is 4. The Morgan fingerprint density at radius 2 is 2.22 bits per heavy atom. The van der Waals surface area contributed by atoms with Crippen molar-refractivity contribution < 1.29 is 9.53 Å². The molecular weight excluding hydrogens is 252 g/mol. The van der Waals surface area contributed by atoms with Gasteiger partial charge in [0.2, 0.25) is 0 Å². The molecule has 0 aliphatic rings. The van der Waals surface area contributed by atoms with Crippen LogP contribution in [0.4, 0.5) is 0 Å². The van der Waals surface area contributed by atoms with Crippen LogP contribution in [0, 0.1) is 0 Å². The van der Waals surface area contributed by atoms with E-state index in [2.05, 4.69) is 19.7 Å². The lowest BCUT2D eigenvalue weighted by Crippen LogP contribution is -1.97. The number of carbonyl (C=O) groups is 1. The molecule has 90 valence electrons. The summed E-state index contributed by atoms with van der Waals surface area (Å²) < 4.78 is 6.44. The van der Waals surface area contributed by atoms with Crippen LogP contribution in [0.1, 0.15) is 9.67 Å². The van der Waals surface area contributed by atoms with Gasteiger partial charge < -0.3 is 4.74 Å². The second kappa shape index (κ2) is 4.19. The summed E-state index contributed by atoms with van der Waals surface area (Å²) in [6, 6.07) is 0. The number of hydrogen-bond acceptors (Lipinski definition) is 6. The molecule has 0 saturated heterocycles. The third-order valence-electron chi connectivity index (χ3n) is 2.37. The van der Waals surface area contributed by atoms with E-state index in [9.17, 15) is 4.79 Å². The topological polar surface area (TPSA) is 69.4 Å². The Hall–Kier alpha value is -2.28. The van der Waals surface area contributed by atoms with Gasteiger partial charge in [0.15, 0.2) is 4.96 Å². The number of ether oxygens (including phenoxy) is 1. The molecule has 3 aromatic heterocycles. The fourth-order valence-electron chi connectivity index (χ4n) is 1.55. The minimum atomic E-state index is -0.355. The second-order valence-electron chi connectivity index (χ2n) is 3.49. The number of hydrogen-bond donors (Lipinski definition) is 0. The minimum Gasteiger partial charge on any atom is -0.465 e. The highest BCUT2D eigenvalue weighted by atomic mass is 32.1. The van der Waals surface area contributed by atoms with Crippen LogP contribution in [0.25, 0.3) is 16.3 Å². The zero-order valence-electron chi connectivity index (χ0n) is 9.40. The first-order valence-electron chi connectivity index (χ1n) is 5.11. The molecule has 7 heteroatoms. The number of rotatable bonds is 2. The molecule has 0 atom stereocenters. The van der Waals surface area contributed by atoms with Crippen LogP contribution in [0.2, 0.25) is 0 Å². The molecule has 0 radical (unpaired) electrons. The average molecular weight is 260 g/mol. The van der Waals surface area contributed by atoms with E-state index in [0.29, 0.717) is 10.6 Å². The molecule has 3 aromatic rings. The van der Waals surface area contributed by atoms with E-state index in [-0.39, 0.29) is 5.97 Å². The number of nitrogens with zero attached hydrogens (tertiary/aromatic N) is 4. The third-order valence-corrected chi connectivity index (χ3v) is 3.34. The Bertz CT molecular complexity index is 673. The van der Waals surface area contributed by atoms with Crippen LogP contribution in [0.5, 0.6) is 0 Å². The third kappa shape index (κ3) is 1.74. The average Bonchev–Trinajstić information content (AvgIpc) is 2.97. The first-order chi connectivity index (χ1) is 8.78. The lowest BCUT2D eigenvalue weighted by Gasteiger charge is -1.92. The summed E-state index contributed by atoms with van der Waals surface area (Å²) in [6.45, 7) is 0.